The third kappa shape index (κ3) is 14.3. The van der Waals surface area contributed by atoms with Crippen LogP contribution >= 0.6 is 0 Å². The summed E-state index contributed by atoms with van der Waals surface area (Å²) in [5, 5.41) is 5.85. The van der Waals surface area contributed by atoms with Crippen LogP contribution in [-0.2, 0) is 35.6 Å². The number of carbonyl (C=O) groups excluding carboxylic acids is 4. The van der Waals surface area contributed by atoms with Crippen LogP contribution in [0.5, 0.6) is 5.75 Å². The molecule has 2 aliphatic heterocycles. The van der Waals surface area contributed by atoms with Gasteiger partial charge in [-0.25, -0.2) is 13.2 Å². The number of rotatable bonds is 16. The van der Waals surface area contributed by atoms with E-state index >= 15 is 0 Å². The molecule has 2 saturated carbocycles. The number of nitrogens with one attached hydrogen (secondary N) is 4. The van der Waals surface area contributed by atoms with Crippen molar-refractivity contribution < 1.29 is 41.3 Å². The Kier molecular flexibility index (Phi) is 18.0. The quantitative estimate of drug-likeness (QED) is 0.123. The molecule has 4 N–H and O–H groups in total. The summed E-state index contributed by atoms with van der Waals surface area (Å²) in [7, 11) is -1.71. The van der Waals surface area contributed by atoms with Gasteiger partial charge in [0.15, 0.2) is 0 Å². The number of aromatic amines is 1. The van der Waals surface area contributed by atoms with E-state index in [1.54, 1.807) is 19.3 Å². The van der Waals surface area contributed by atoms with Gasteiger partial charge in [-0.2, -0.15) is 0 Å². The molecule has 4 amide bonds. The second kappa shape index (κ2) is 22.4. The molecule has 0 spiro atoms. The third-order valence-corrected chi connectivity index (χ3v) is 12.9. The molecule has 16 nitrogen and oxygen atoms in total. The fourth-order valence-electron chi connectivity index (χ4n) is 6.73. The van der Waals surface area contributed by atoms with Gasteiger partial charge in [0.1, 0.15) is 36.6 Å². The van der Waals surface area contributed by atoms with E-state index in [-0.39, 0.29) is 35.0 Å². The van der Waals surface area contributed by atoms with Gasteiger partial charge in [-0.1, -0.05) is 46.6 Å². The van der Waals surface area contributed by atoms with Crippen LogP contribution in [-0.4, -0.2) is 114 Å². The van der Waals surface area contributed by atoms with E-state index < -0.39 is 50.7 Å². The number of alkyl carbamates (subject to hydrolysis) is 1. The van der Waals surface area contributed by atoms with Crippen LogP contribution in [0.15, 0.2) is 35.9 Å². The molecule has 1 unspecified atom stereocenters. The maximum absolute atomic E-state index is 12.8. The molecule has 2 aromatic heterocycles. The van der Waals surface area contributed by atoms with E-state index in [1.807, 2.05) is 6.07 Å². The van der Waals surface area contributed by atoms with Gasteiger partial charge in [0.05, 0.1) is 21.2 Å². The van der Waals surface area contributed by atoms with E-state index in [4.69, 9.17) is 9.47 Å². The molecule has 0 bridgehead atoms. The number of pyridine rings is 2. The van der Waals surface area contributed by atoms with E-state index in [0.29, 0.717) is 32.2 Å². The summed E-state index contributed by atoms with van der Waals surface area (Å²) < 4.78 is 37.2. The second-order valence-electron chi connectivity index (χ2n) is 17.2. The van der Waals surface area contributed by atoms with Gasteiger partial charge in [0.2, 0.25) is 21.8 Å². The van der Waals surface area contributed by atoms with Crippen LogP contribution in [0.4, 0.5) is 4.79 Å². The zero-order chi connectivity index (χ0) is 44.0. The predicted octanol–water partition coefficient (Wildman–Crippen LogP) is 5.45. The molecule has 0 radical (unpaired) electrons. The number of amides is 4. The molecule has 0 aromatic carbocycles. The molecule has 17 heteroatoms. The molecule has 4 heterocycles. The van der Waals surface area contributed by atoms with Crippen molar-refractivity contribution in [2.45, 2.75) is 147 Å². The predicted molar refractivity (Wildman–Crippen MR) is 237 cm³/mol. The zero-order valence-corrected chi connectivity index (χ0v) is 37.2. The van der Waals surface area contributed by atoms with Crippen molar-refractivity contribution >= 4 is 44.7 Å². The Labute approximate surface area is 359 Å². The zero-order valence-electron chi connectivity index (χ0n) is 36.3. The SMILES string of the molecule is C=CCC(NC(=O)[C@@H]1CCCN1C(=O)CNC(=O)OC1CC1)C(=O)NS(=O)(=O)C1(C)CC1.CC(C)C.CCCCCc1c(OC2CCN(C)CC2)c2cnccc2[nH]c1=O.[HH].[HH].[HH]. The fraction of sp³-hybridized carbons (Fsp3) is 0.674. The molecule has 340 valence electrons. The number of unbranched alkanes of at least 4 members (excludes halogenated alkanes) is 2. The Morgan fingerprint density at radius 1 is 1.07 bits per heavy atom. The van der Waals surface area contributed by atoms with Crippen molar-refractivity contribution in [3.63, 3.8) is 0 Å². The first kappa shape index (κ1) is 48.2. The highest BCUT2D eigenvalue weighted by Crippen LogP contribution is 2.42. The number of hydrogen-bond acceptors (Lipinski definition) is 11. The molecule has 4 fully saturated rings. The van der Waals surface area contributed by atoms with Gasteiger partial charge in [-0.15, -0.1) is 6.58 Å². The summed E-state index contributed by atoms with van der Waals surface area (Å²) >= 11 is 0. The summed E-state index contributed by atoms with van der Waals surface area (Å²) in [5.41, 5.74) is 1.56. The van der Waals surface area contributed by atoms with Crippen LogP contribution in [0.25, 0.3) is 10.9 Å². The average Bonchev–Trinajstić information content (AvgIpc) is 4.12. The fourth-order valence-corrected chi connectivity index (χ4v) is 8.03. The lowest BCUT2D eigenvalue weighted by molar-refractivity contribution is -0.138. The monoisotopic (exact) mass is 864 g/mol. The molecular weight excluding hydrogens is 791 g/mol. The standard InChI is InChI=1S/C20H30N4O7S.C19H27N3O2.C4H10.3H2/c1-3-5-14(17(26)23-32(29,30)20(2)9-10-20)22-18(27)15-6-4-11-24(15)16(25)12-21-19(28)31-13-7-8-13;1-3-4-5-6-15-18(24-14-8-11-22(2)12-9-14)16-13-20-10-7-17(16)21-19(15)23;1-4(2)3;;;/h3,13-15H,1,4-12H2,2H3,(H,21,28)(H,22,27)(H,23,26);7,10,13-14H,3-6,8-9,11-12H2,1-2H3,(H,21,23);4H,1-3H3;3*1H/t14?,15-;;;;;/m0...../s1. The van der Waals surface area contributed by atoms with E-state index in [9.17, 15) is 32.4 Å². The van der Waals surface area contributed by atoms with Gasteiger partial charge >= 0.3 is 6.09 Å². The Bertz CT molecular complexity index is 1970. The van der Waals surface area contributed by atoms with Gasteiger partial charge in [0.25, 0.3) is 11.5 Å². The Morgan fingerprint density at radius 3 is 2.37 bits per heavy atom. The number of H-pyrrole nitrogens is 1. The van der Waals surface area contributed by atoms with Crippen molar-refractivity contribution in [3.8, 4) is 5.75 Å². The Hall–Kier alpha value is -4.51. The highest BCUT2D eigenvalue weighted by molar-refractivity contribution is 7.91. The minimum absolute atomic E-state index is 0. The smallest absolute Gasteiger partial charge is 0.407 e. The molecule has 4 aliphatic rings. The maximum atomic E-state index is 12.8. The Balaban J connectivity index is 0.000000572. The summed E-state index contributed by atoms with van der Waals surface area (Å²) in [6.45, 7) is 15.9. The van der Waals surface area contributed by atoms with Crippen molar-refractivity contribution in [2.24, 2.45) is 5.92 Å². The van der Waals surface area contributed by atoms with Crippen LogP contribution in [0.1, 0.15) is 122 Å². The number of likely N-dealkylation sites (tertiary alicyclic amines) is 2. The van der Waals surface area contributed by atoms with Gasteiger partial charge in [-0.05, 0) is 96.6 Å². The van der Waals surface area contributed by atoms with E-state index in [1.165, 1.54) is 11.0 Å². The Morgan fingerprint density at radius 2 is 1.75 bits per heavy atom. The average molecular weight is 864 g/mol. The van der Waals surface area contributed by atoms with Gasteiger partial charge in [-0.3, -0.25) is 28.9 Å². The summed E-state index contributed by atoms with van der Waals surface area (Å²) in [5.74, 6) is -0.253. The second-order valence-corrected chi connectivity index (χ2v) is 19.4. The van der Waals surface area contributed by atoms with E-state index in [0.717, 1.165) is 92.6 Å². The first-order chi connectivity index (χ1) is 28.5. The molecular formula is C43H73N7O9S. The minimum atomic E-state index is -3.85. The molecule has 60 heavy (non-hydrogen) atoms. The first-order valence-electron chi connectivity index (χ1n) is 21.5. The lowest BCUT2D eigenvalue weighted by Crippen LogP contribution is -2.55. The number of carbonyl (C=O) groups is 4. The lowest BCUT2D eigenvalue weighted by Gasteiger charge is -2.30. The van der Waals surface area contributed by atoms with Gasteiger partial charge < -0.3 is 34.9 Å². The number of hydrogen-bond donors (Lipinski definition) is 4. The molecule has 2 atom stereocenters. The van der Waals surface area contributed by atoms with Crippen molar-refractivity contribution in [3.05, 3.63) is 47.0 Å². The minimum Gasteiger partial charge on any atom is -0.489 e. The highest BCUT2D eigenvalue weighted by Gasteiger charge is 2.51. The third-order valence-electron chi connectivity index (χ3n) is 10.8. The molecule has 2 saturated heterocycles. The first-order valence-corrected chi connectivity index (χ1v) is 23.0. The van der Waals surface area contributed by atoms with Crippen LogP contribution in [0, 0.1) is 5.92 Å². The number of nitrogens with zero attached hydrogens (tertiary/aromatic N) is 3. The van der Waals surface area contributed by atoms with E-state index in [2.05, 4.69) is 71.5 Å². The molecule has 2 aliphatic carbocycles. The van der Waals surface area contributed by atoms with Crippen molar-refractivity contribution in [1.82, 2.24) is 35.1 Å². The topological polar surface area (TPSA) is 209 Å². The summed E-state index contributed by atoms with van der Waals surface area (Å²) in [6, 6.07) is -0.114. The largest absolute Gasteiger partial charge is 0.489 e. The van der Waals surface area contributed by atoms with Gasteiger partial charge in [0, 0.05) is 36.3 Å². The number of ether oxygens (including phenoxy) is 2. The van der Waals surface area contributed by atoms with Crippen molar-refractivity contribution in [2.75, 3.05) is 33.2 Å². The number of fused-ring (bicyclic) bond motifs is 1. The van der Waals surface area contributed by atoms with Crippen LogP contribution < -0.4 is 25.7 Å². The number of piperidine rings is 1. The molecule has 6 rings (SSSR count). The molecule has 2 aromatic rings. The summed E-state index contributed by atoms with van der Waals surface area (Å²) in [4.78, 5) is 73.0. The van der Waals surface area contributed by atoms with Crippen LogP contribution in [0.2, 0.25) is 0 Å². The normalized spacial score (nSPS) is 19.2. The highest BCUT2D eigenvalue weighted by atomic mass is 32.2. The summed E-state index contributed by atoms with van der Waals surface area (Å²) in [6.07, 6.45) is 13.9. The maximum Gasteiger partial charge on any atom is 0.407 e. The number of sulfonamides is 1. The van der Waals surface area contributed by atoms with Crippen molar-refractivity contribution in [1.29, 1.82) is 0 Å². The lowest BCUT2D eigenvalue weighted by atomic mass is 10.0. The van der Waals surface area contributed by atoms with Crippen LogP contribution in [0.3, 0.4) is 0 Å². The number of aromatic nitrogens is 2.